The van der Waals surface area contributed by atoms with Crippen LogP contribution in [-0.4, -0.2) is 48.8 Å². The second kappa shape index (κ2) is 6.36. The van der Waals surface area contributed by atoms with E-state index in [-0.39, 0.29) is 0 Å². The molecule has 2 atom stereocenters. The Hall–Kier alpha value is -0.120. The van der Waals surface area contributed by atoms with Gasteiger partial charge in [-0.2, -0.15) is 0 Å². The topological polar surface area (TPSA) is 24.5 Å². The van der Waals surface area contributed by atoms with Gasteiger partial charge < -0.3 is 10.1 Å². The van der Waals surface area contributed by atoms with Gasteiger partial charge >= 0.3 is 0 Å². The van der Waals surface area contributed by atoms with Crippen molar-refractivity contribution in [1.82, 2.24) is 10.2 Å². The van der Waals surface area contributed by atoms with E-state index in [1.54, 1.807) is 0 Å². The number of ether oxygens (including phenoxy) is 1. The molecule has 0 spiro atoms. The first kappa shape index (κ1) is 14.3. The average Bonchev–Trinajstić information content (AvgIpc) is 2.25. The lowest BCUT2D eigenvalue weighted by atomic mass is 9.85. The first-order chi connectivity index (χ1) is 8.60. The lowest BCUT2D eigenvalue weighted by molar-refractivity contribution is -0.0648. The van der Waals surface area contributed by atoms with Crippen LogP contribution in [0.2, 0.25) is 0 Å². The highest BCUT2D eigenvalue weighted by Crippen LogP contribution is 2.31. The number of piperazine rings is 1. The van der Waals surface area contributed by atoms with Gasteiger partial charge in [-0.1, -0.05) is 13.8 Å². The number of hydrogen-bond donors (Lipinski definition) is 1. The number of nitrogens with one attached hydrogen (secondary N) is 1. The Balaban J connectivity index is 1.80. The highest BCUT2D eigenvalue weighted by molar-refractivity contribution is 4.95. The molecule has 1 saturated carbocycles. The van der Waals surface area contributed by atoms with Crippen LogP contribution >= 0.6 is 0 Å². The normalized spacial score (nSPS) is 37.8. The highest BCUT2D eigenvalue weighted by atomic mass is 16.5. The Morgan fingerprint density at radius 3 is 2.67 bits per heavy atom. The zero-order chi connectivity index (χ0) is 13.1. The molecule has 0 aromatic rings. The molecule has 0 aromatic carbocycles. The summed E-state index contributed by atoms with van der Waals surface area (Å²) in [5.41, 5.74) is 0. The fourth-order valence-electron chi connectivity index (χ4n) is 3.37. The van der Waals surface area contributed by atoms with Crippen LogP contribution < -0.4 is 5.32 Å². The third-order valence-electron chi connectivity index (χ3n) is 4.40. The molecule has 3 nitrogen and oxygen atoms in total. The van der Waals surface area contributed by atoms with Crippen molar-refractivity contribution in [3.63, 3.8) is 0 Å². The van der Waals surface area contributed by atoms with E-state index in [4.69, 9.17) is 4.74 Å². The molecule has 0 radical (unpaired) electrons. The smallest absolute Gasteiger partial charge is 0.0604 e. The van der Waals surface area contributed by atoms with Gasteiger partial charge in [0.25, 0.3) is 0 Å². The molecule has 1 N–H and O–H groups in total. The zero-order valence-corrected chi connectivity index (χ0v) is 12.5. The molecule has 0 bridgehead atoms. The zero-order valence-electron chi connectivity index (χ0n) is 12.5. The largest absolute Gasteiger partial charge is 0.378 e. The fraction of sp³-hybridized carbons (Fsp3) is 1.00. The number of hydrogen-bond acceptors (Lipinski definition) is 3. The lowest BCUT2D eigenvalue weighted by Gasteiger charge is -2.49. The summed E-state index contributed by atoms with van der Waals surface area (Å²) in [6, 6.07) is 2.14. The van der Waals surface area contributed by atoms with Crippen molar-refractivity contribution in [1.29, 1.82) is 0 Å². The van der Waals surface area contributed by atoms with Crippen LogP contribution in [0.1, 0.15) is 47.0 Å². The molecule has 2 aliphatic rings. The fourth-order valence-corrected chi connectivity index (χ4v) is 3.37. The van der Waals surface area contributed by atoms with Crippen LogP contribution in [-0.2, 0) is 4.74 Å². The summed E-state index contributed by atoms with van der Waals surface area (Å²) in [5, 5.41) is 3.70. The van der Waals surface area contributed by atoms with Gasteiger partial charge in [0, 0.05) is 37.8 Å². The maximum absolute atomic E-state index is 5.68. The van der Waals surface area contributed by atoms with E-state index in [0.717, 1.165) is 25.1 Å². The Morgan fingerprint density at radius 2 is 2.06 bits per heavy atom. The van der Waals surface area contributed by atoms with Crippen molar-refractivity contribution < 1.29 is 4.74 Å². The van der Waals surface area contributed by atoms with Crippen LogP contribution in [0.5, 0.6) is 0 Å². The van der Waals surface area contributed by atoms with E-state index < -0.39 is 0 Å². The van der Waals surface area contributed by atoms with E-state index in [9.17, 15) is 0 Å². The maximum Gasteiger partial charge on any atom is 0.0604 e. The highest BCUT2D eigenvalue weighted by Gasteiger charge is 2.38. The van der Waals surface area contributed by atoms with Crippen molar-refractivity contribution in [3.8, 4) is 0 Å². The van der Waals surface area contributed by atoms with Crippen molar-refractivity contribution in [3.05, 3.63) is 0 Å². The maximum atomic E-state index is 5.68. The minimum absolute atomic E-state index is 0.533. The Morgan fingerprint density at radius 1 is 1.33 bits per heavy atom. The van der Waals surface area contributed by atoms with Gasteiger partial charge in [-0.25, -0.2) is 0 Å². The van der Waals surface area contributed by atoms with Gasteiger partial charge in [-0.05, 0) is 39.0 Å². The molecule has 2 unspecified atom stereocenters. The Kier molecular flexibility index (Phi) is 5.05. The summed E-state index contributed by atoms with van der Waals surface area (Å²) >= 11 is 0. The first-order valence-corrected chi connectivity index (χ1v) is 7.70. The van der Waals surface area contributed by atoms with Crippen LogP contribution in [0, 0.1) is 5.92 Å². The number of rotatable bonds is 5. The minimum Gasteiger partial charge on any atom is -0.378 e. The summed E-state index contributed by atoms with van der Waals surface area (Å²) < 4.78 is 5.68. The molecule has 0 amide bonds. The molecule has 1 heterocycles. The van der Waals surface area contributed by atoms with Crippen LogP contribution in [0.4, 0.5) is 0 Å². The van der Waals surface area contributed by atoms with E-state index >= 15 is 0 Å². The molecule has 106 valence electrons. The van der Waals surface area contributed by atoms with Crippen LogP contribution in [0.25, 0.3) is 0 Å². The molecule has 2 rings (SSSR count). The molecule has 2 fully saturated rings. The summed E-state index contributed by atoms with van der Waals surface area (Å²) in [5.74, 6) is 0.787. The van der Waals surface area contributed by atoms with Gasteiger partial charge in [-0.15, -0.1) is 0 Å². The number of nitrogens with zero attached hydrogens (tertiary/aromatic N) is 1. The monoisotopic (exact) mass is 254 g/mol. The summed E-state index contributed by atoms with van der Waals surface area (Å²) in [4.78, 5) is 2.72. The standard InChI is InChI=1S/C15H30N2O/c1-5-18-15-7-14(8-15)17-10-13(6-11(2)3)16-9-12(17)4/h11-16H,5-10H2,1-4H3. The van der Waals surface area contributed by atoms with E-state index in [1.807, 2.05) is 0 Å². The molecule has 1 aliphatic carbocycles. The molecule has 18 heavy (non-hydrogen) atoms. The third kappa shape index (κ3) is 3.46. The lowest BCUT2D eigenvalue weighted by Crippen LogP contribution is -2.62. The predicted octanol–water partition coefficient (Wildman–Crippen LogP) is 2.26. The van der Waals surface area contributed by atoms with Crippen molar-refractivity contribution >= 4 is 0 Å². The third-order valence-corrected chi connectivity index (χ3v) is 4.40. The summed E-state index contributed by atoms with van der Waals surface area (Å²) in [7, 11) is 0. The molecule has 1 aliphatic heterocycles. The van der Waals surface area contributed by atoms with E-state index in [2.05, 4.69) is 37.9 Å². The summed E-state index contributed by atoms with van der Waals surface area (Å²) in [6.07, 6.45) is 4.31. The minimum atomic E-state index is 0.533. The molecule has 0 aromatic heterocycles. The second-order valence-electron chi connectivity index (χ2n) is 6.48. The average molecular weight is 254 g/mol. The van der Waals surface area contributed by atoms with Crippen molar-refractivity contribution in [2.24, 2.45) is 5.92 Å². The van der Waals surface area contributed by atoms with Crippen molar-refractivity contribution in [2.75, 3.05) is 19.7 Å². The first-order valence-electron chi connectivity index (χ1n) is 7.70. The van der Waals surface area contributed by atoms with Gasteiger partial charge in [0.15, 0.2) is 0 Å². The van der Waals surface area contributed by atoms with Gasteiger partial charge in [0.1, 0.15) is 0 Å². The van der Waals surface area contributed by atoms with E-state index in [0.29, 0.717) is 18.2 Å². The Bertz CT molecular complexity index is 251. The SMILES string of the molecule is CCOC1CC(N2CC(CC(C)C)NCC2C)C1. The summed E-state index contributed by atoms with van der Waals surface area (Å²) in [6.45, 7) is 12.3. The second-order valence-corrected chi connectivity index (χ2v) is 6.48. The predicted molar refractivity (Wildman–Crippen MR) is 75.8 cm³/mol. The Labute approximate surface area is 112 Å². The van der Waals surface area contributed by atoms with Gasteiger partial charge in [-0.3, -0.25) is 4.90 Å². The molecular weight excluding hydrogens is 224 g/mol. The van der Waals surface area contributed by atoms with Crippen LogP contribution in [0.3, 0.4) is 0 Å². The molecular formula is C15H30N2O. The van der Waals surface area contributed by atoms with Crippen molar-refractivity contribution in [2.45, 2.75) is 71.2 Å². The van der Waals surface area contributed by atoms with Gasteiger partial charge in [0.2, 0.25) is 0 Å². The van der Waals surface area contributed by atoms with Crippen LogP contribution in [0.15, 0.2) is 0 Å². The van der Waals surface area contributed by atoms with E-state index in [1.165, 1.54) is 25.8 Å². The quantitative estimate of drug-likeness (QED) is 0.814. The molecule has 3 heteroatoms. The van der Waals surface area contributed by atoms with Gasteiger partial charge in [0.05, 0.1) is 6.10 Å². The molecule has 1 saturated heterocycles.